The summed E-state index contributed by atoms with van der Waals surface area (Å²) in [4.78, 5) is 29.6. The number of benzene rings is 1. The maximum Gasteiger partial charge on any atom is 0.332 e. The fraction of sp³-hybridized carbons (Fsp3) is 0.250. The smallest absolute Gasteiger partial charge is 0.310 e. The number of rotatable bonds is 3. The monoisotopic (exact) mass is 363 g/mol. The predicted octanol–water partition coefficient (Wildman–Crippen LogP) is 2.02. The lowest BCUT2D eigenvalue weighted by Gasteiger charge is -2.04. The summed E-state index contributed by atoms with van der Waals surface area (Å²) in [5, 5.41) is 0. The molecule has 0 bridgehead atoms. The van der Waals surface area contributed by atoms with Crippen molar-refractivity contribution in [2.45, 2.75) is 20.4 Å². The topological polar surface area (TPSA) is 66.2 Å². The van der Waals surface area contributed by atoms with Gasteiger partial charge < -0.3 is 4.57 Å². The van der Waals surface area contributed by atoms with Crippen molar-refractivity contribution >= 4 is 23.0 Å². The normalized spacial score (nSPS) is 12.0. The highest BCUT2D eigenvalue weighted by molar-refractivity contribution is 5.76. The molecular weight excluding hydrogens is 342 g/mol. The predicted molar refractivity (Wildman–Crippen MR) is 106 cm³/mol. The number of imidazole rings is 2. The third-order valence-electron chi connectivity index (χ3n) is 5.14. The third kappa shape index (κ3) is 2.46. The Hall–Kier alpha value is -3.35. The highest BCUT2D eigenvalue weighted by atomic mass is 16.2. The molecule has 7 heteroatoms. The van der Waals surface area contributed by atoms with Crippen LogP contribution in [0.4, 0.5) is 0 Å². The van der Waals surface area contributed by atoms with Gasteiger partial charge in [0.1, 0.15) is 0 Å². The van der Waals surface area contributed by atoms with Gasteiger partial charge in [0.25, 0.3) is 5.56 Å². The summed E-state index contributed by atoms with van der Waals surface area (Å²) in [6.07, 6.45) is 4.13. The minimum Gasteiger partial charge on any atom is -0.310 e. The van der Waals surface area contributed by atoms with Gasteiger partial charge in [0, 0.05) is 32.0 Å². The lowest BCUT2D eigenvalue weighted by molar-refractivity contribution is 0.707. The molecule has 3 aromatic heterocycles. The average Bonchev–Trinajstić information content (AvgIpc) is 3.17. The molecule has 138 valence electrons. The van der Waals surface area contributed by atoms with Gasteiger partial charge in [-0.25, -0.2) is 4.79 Å². The van der Waals surface area contributed by atoms with E-state index in [1.165, 1.54) is 11.6 Å². The third-order valence-corrected chi connectivity index (χ3v) is 5.14. The van der Waals surface area contributed by atoms with Crippen molar-refractivity contribution in [3.63, 3.8) is 0 Å². The second kappa shape index (κ2) is 6.12. The van der Waals surface area contributed by atoms with Gasteiger partial charge in [0.2, 0.25) is 5.78 Å². The largest absolute Gasteiger partial charge is 0.332 e. The van der Waals surface area contributed by atoms with E-state index in [4.69, 9.17) is 0 Å². The SMILES string of the molecule is Cc1c(C)n2c3c(=O)n(C)c(=O)n(C)c3nc2n1C/C=C\c1ccccc1. The molecule has 0 saturated heterocycles. The Morgan fingerprint density at radius 1 is 1.00 bits per heavy atom. The van der Waals surface area contributed by atoms with Crippen LogP contribution >= 0.6 is 0 Å². The summed E-state index contributed by atoms with van der Waals surface area (Å²) >= 11 is 0. The van der Waals surface area contributed by atoms with Crippen molar-refractivity contribution < 1.29 is 0 Å². The van der Waals surface area contributed by atoms with Gasteiger partial charge >= 0.3 is 5.69 Å². The minimum absolute atomic E-state index is 0.333. The van der Waals surface area contributed by atoms with E-state index in [-0.39, 0.29) is 11.2 Å². The zero-order valence-electron chi connectivity index (χ0n) is 15.8. The minimum atomic E-state index is -0.377. The summed E-state index contributed by atoms with van der Waals surface area (Å²) < 4.78 is 6.45. The molecule has 4 aromatic rings. The van der Waals surface area contributed by atoms with Crippen LogP contribution in [-0.2, 0) is 20.6 Å². The van der Waals surface area contributed by atoms with Crippen molar-refractivity contribution in [3.05, 3.63) is 74.2 Å². The second-order valence-corrected chi connectivity index (χ2v) is 6.72. The van der Waals surface area contributed by atoms with Crippen molar-refractivity contribution in [3.8, 4) is 0 Å². The maximum absolute atomic E-state index is 12.7. The van der Waals surface area contributed by atoms with E-state index in [1.54, 1.807) is 7.05 Å². The Bertz CT molecular complexity index is 1320. The fourth-order valence-corrected chi connectivity index (χ4v) is 3.47. The standard InChI is InChI=1S/C20H21N5O2/c1-13-14(2)25-16-17(22(3)20(27)23(4)18(16)26)21-19(25)24(13)12-8-11-15-9-6-5-7-10-15/h5-11H,12H2,1-4H3/b11-8-. The van der Waals surface area contributed by atoms with Gasteiger partial charge in [0.15, 0.2) is 11.2 Å². The summed E-state index contributed by atoms with van der Waals surface area (Å²) in [7, 11) is 3.13. The zero-order valence-corrected chi connectivity index (χ0v) is 15.8. The zero-order chi connectivity index (χ0) is 19.3. The van der Waals surface area contributed by atoms with Crippen LogP contribution in [0, 0.1) is 13.8 Å². The average molecular weight is 363 g/mol. The van der Waals surface area contributed by atoms with E-state index in [0.717, 1.165) is 21.5 Å². The molecule has 0 aliphatic carbocycles. The van der Waals surface area contributed by atoms with Gasteiger partial charge in [-0.1, -0.05) is 42.5 Å². The molecule has 0 radical (unpaired) electrons. The second-order valence-electron chi connectivity index (χ2n) is 6.72. The highest BCUT2D eigenvalue weighted by Crippen LogP contribution is 2.20. The Morgan fingerprint density at radius 2 is 1.70 bits per heavy atom. The number of fused-ring (bicyclic) bond motifs is 3. The van der Waals surface area contributed by atoms with Crippen LogP contribution in [0.3, 0.4) is 0 Å². The first-order valence-electron chi connectivity index (χ1n) is 8.77. The first kappa shape index (κ1) is 17.1. The molecule has 3 heterocycles. The Labute approximate surface area is 155 Å². The van der Waals surface area contributed by atoms with Crippen LogP contribution in [0.5, 0.6) is 0 Å². The highest BCUT2D eigenvalue weighted by Gasteiger charge is 2.21. The molecule has 0 spiro atoms. The molecule has 27 heavy (non-hydrogen) atoms. The van der Waals surface area contributed by atoms with Crippen LogP contribution in [0.2, 0.25) is 0 Å². The maximum atomic E-state index is 12.7. The van der Waals surface area contributed by atoms with Crippen LogP contribution < -0.4 is 11.2 Å². The number of nitrogens with zero attached hydrogens (tertiary/aromatic N) is 5. The van der Waals surface area contributed by atoms with Gasteiger partial charge in [-0.05, 0) is 19.4 Å². The van der Waals surface area contributed by atoms with E-state index in [2.05, 4.69) is 21.7 Å². The number of allylic oxidation sites excluding steroid dienone is 1. The van der Waals surface area contributed by atoms with Crippen molar-refractivity contribution in [2.75, 3.05) is 0 Å². The lowest BCUT2D eigenvalue weighted by atomic mass is 10.2. The molecule has 0 N–H and O–H groups in total. The van der Waals surface area contributed by atoms with Crippen LogP contribution in [0.25, 0.3) is 23.0 Å². The molecule has 0 saturated carbocycles. The van der Waals surface area contributed by atoms with Crippen LogP contribution in [-0.4, -0.2) is 23.1 Å². The molecule has 0 unspecified atom stereocenters. The van der Waals surface area contributed by atoms with E-state index >= 15 is 0 Å². The van der Waals surface area contributed by atoms with Crippen LogP contribution in [0.15, 0.2) is 46.0 Å². The van der Waals surface area contributed by atoms with E-state index in [9.17, 15) is 9.59 Å². The first-order chi connectivity index (χ1) is 12.9. The molecule has 1 aromatic carbocycles. The van der Waals surface area contributed by atoms with E-state index in [0.29, 0.717) is 23.5 Å². The quantitative estimate of drug-likeness (QED) is 0.559. The Balaban J connectivity index is 1.92. The molecule has 0 fully saturated rings. The molecule has 0 amide bonds. The summed E-state index contributed by atoms with van der Waals surface area (Å²) in [5.74, 6) is 0.663. The molecule has 0 aliphatic heterocycles. The number of aromatic nitrogens is 5. The molecule has 0 aliphatic rings. The van der Waals surface area contributed by atoms with Crippen molar-refractivity contribution in [2.24, 2.45) is 14.1 Å². The van der Waals surface area contributed by atoms with Gasteiger partial charge in [-0.3, -0.25) is 18.3 Å². The summed E-state index contributed by atoms with van der Waals surface area (Å²) in [6.45, 7) is 4.60. The van der Waals surface area contributed by atoms with Gasteiger partial charge in [0.05, 0.1) is 0 Å². The molecular formula is C20H21N5O2. The van der Waals surface area contributed by atoms with E-state index in [1.807, 2.05) is 48.6 Å². The summed E-state index contributed by atoms with van der Waals surface area (Å²) in [5.41, 5.74) is 3.23. The fourth-order valence-electron chi connectivity index (χ4n) is 3.47. The number of aryl methyl sites for hydroxylation is 2. The van der Waals surface area contributed by atoms with Crippen molar-refractivity contribution in [1.82, 2.24) is 23.1 Å². The van der Waals surface area contributed by atoms with Crippen LogP contribution in [0.1, 0.15) is 17.0 Å². The number of hydrogen-bond acceptors (Lipinski definition) is 3. The molecule has 4 rings (SSSR count). The van der Waals surface area contributed by atoms with E-state index < -0.39 is 0 Å². The van der Waals surface area contributed by atoms with Gasteiger partial charge in [-0.15, -0.1) is 0 Å². The van der Waals surface area contributed by atoms with Gasteiger partial charge in [-0.2, -0.15) is 4.98 Å². The Kier molecular flexibility index (Phi) is 3.87. The molecule has 0 atom stereocenters. The Morgan fingerprint density at radius 3 is 2.41 bits per heavy atom. The number of hydrogen-bond donors (Lipinski definition) is 0. The van der Waals surface area contributed by atoms with Crippen molar-refractivity contribution in [1.29, 1.82) is 0 Å². The first-order valence-corrected chi connectivity index (χ1v) is 8.77. The summed E-state index contributed by atoms with van der Waals surface area (Å²) in [6, 6.07) is 10.1. The molecule has 7 nitrogen and oxygen atoms in total. The lowest BCUT2D eigenvalue weighted by Crippen LogP contribution is -2.37.